The number of nitrogens with zero attached hydrogens (tertiary/aromatic N) is 1. The zero-order valence-corrected chi connectivity index (χ0v) is 41.0. The van der Waals surface area contributed by atoms with Crippen molar-refractivity contribution >= 4 is 19.8 Å². The number of phosphoric ester groups is 1. The second-order valence-corrected chi connectivity index (χ2v) is 18.4. The molecule has 0 saturated heterocycles. The summed E-state index contributed by atoms with van der Waals surface area (Å²) in [6, 6.07) is 0. The predicted octanol–water partition coefficient (Wildman–Crippen LogP) is 13.1. The molecule has 0 rings (SSSR count). The van der Waals surface area contributed by atoms with E-state index in [1.54, 1.807) is 12.2 Å². The van der Waals surface area contributed by atoms with Gasteiger partial charge in [0.2, 0.25) is 0 Å². The highest BCUT2D eigenvalue weighted by Crippen LogP contribution is 2.43. The smallest absolute Gasteiger partial charge is 0.462 e. The molecule has 0 aliphatic heterocycles. The van der Waals surface area contributed by atoms with Gasteiger partial charge in [0.15, 0.2) is 6.10 Å². The Hall–Kier alpha value is -3.11. The lowest BCUT2D eigenvalue weighted by Crippen LogP contribution is -2.37. The number of unbranched alkanes of at least 4 members (excludes halogenated alkanes) is 12. The second kappa shape index (κ2) is 42.8. The van der Waals surface area contributed by atoms with Gasteiger partial charge in [-0.1, -0.05) is 169 Å². The third-order valence-corrected chi connectivity index (χ3v) is 10.7. The fourth-order valence-corrected chi connectivity index (χ4v) is 6.66. The summed E-state index contributed by atoms with van der Waals surface area (Å²) in [5.74, 6) is -1.09. The van der Waals surface area contributed by atoms with Gasteiger partial charge in [0.1, 0.15) is 19.8 Å². The van der Waals surface area contributed by atoms with Crippen LogP contribution in [0.4, 0.5) is 0 Å². The Balaban J connectivity index is 4.54. The Morgan fingerprint density at radius 2 is 1.10 bits per heavy atom. The number of quaternary nitrogens is 1. The van der Waals surface area contributed by atoms with Crippen LogP contribution in [-0.4, -0.2) is 86.1 Å². The normalized spacial score (nSPS) is 14.8. The first-order valence-corrected chi connectivity index (χ1v) is 25.6. The third-order valence-electron chi connectivity index (χ3n) is 9.72. The van der Waals surface area contributed by atoms with E-state index in [0.717, 1.165) is 64.2 Å². The Bertz CT molecular complexity index is 1410. The minimum atomic E-state index is -4.44. The maximum absolute atomic E-state index is 12.7. The van der Waals surface area contributed by atoms with E-state index in [1.807, 2.05) is 33.3 Å². The molecule has 63 heavy (non-hydrogen) atoms. The number of rotatable bonds is 42. The summed E-state index contributed by atoms with van der Waals surface area (Å²) in [6.07, 6.45) is 53.6. The number of aliphatic hydroxyl groups excluding tert-OH is 1. The van der Waals surface area contributed by atoms with Gasteiger partial charge in [0.25, 0.3) is 0 Å². The van der Waals surface area contributed by atoms with Crippen LogP contribution < -0.4 is 0 Å². The van der Waals surface area contributed by atoms with Crippen molar-refractivity contribution in [2.75, 3.05) is 47.5 Å². The van der Waals surface area contributed by atoms with Crippen LogP contribution in [0.1, 0.15) is 162 Å². The Morgan fingerprint density at radius 1 is 0.587 bits per heavy atom. The lowest BCUT2D eigenvalue weighted by Gasteiger charge is -2.24. The van der Waals surface area contributed by atoms with Gasteiger partial charge in [0, 0.05) is 12.8 Å². The molecule has 10 nitrogen and oxygen atoms in total. The molecule has 0 aromatic carbocycles. The van der Waals surface area contributed by atoms with Gasteiger partial charge in [0.05, 0.1) is 33.9 Å². The van der Waals surface area contributed by atoms with Gasteiger partial charge in [-0.05, 0) is 77.0 Å². The van der Waals surface area contributed by atoms with Gasteiger partial charge < -0.3 is 24.0 Å². The number of carbonyl (C=O) groups excluding carboxylic acids is 2. The maximum Gasteiger partial charge on any atom is 0.472 e. The van der Waals surface area contributed by atoms with Crippen LogP contribution in [0, 0.1) is 0 Å². The Labute approximate surface area is 384 Å². The number of carbonyl (C=O) groups is 2. The predicted molar refractivity (Wildman–Crippen MR) is 262 cm³/mol. The molecule has 0 spiro atoms. The average molecular weight is 903 g/mol. The highest BCUT2D eigenvalue weighted by atomic mass is 31.2. The molecule has 3 atom stereocenters. The third kappa shape index (κ3) is 46.7. The van der Waals surface area contributed by atoms with Crippen molar-refractivity contribution in [1.29, 1.82) is 0 Å². The number of allylic oxidation sites excluding steroid dienone is 15. The van der Waals surface area contributed by atoms with E-state index in [1.165, 1.54) is 57.8 Å². The molecule has 0 bridgehead atoms. The molecule has 0 aromatic rings. The minimum absolute atomic E-state index is 0.0102. The molecule has 0 heterocycles. The summed E-state index contributed by atoms with van der Waals surface area (Å²) < 4.78 is 34.2. The van der Waals surface area contributed by atoms with Crippen LogP contribution in [0.3, 0.4) is 0 Å². The molecule has 0 amide bonds. The Kier molecular flexibility index (Phi) is 40.7. The number of aliphatic hydroxyl groups is 1. The molecule has 0 aliphatic rings. The first-order chi connectivity index (χ1) is 30.4. The van der Waals surface area contributed by atoms with Crippen molar-refractivity contribution in [2.45, 2.75) is 174 Å². The van der Waals surface area contributed by atoms with Gasteiger partial charge in [-0.3, -0.25) is 18.6 Å². The van der Waals surface area contributed by atoms with E-state index >= 15 is 0 Å². The van der Waals surface area contributed by atoms with Gasteiger partial charge in [-0.2, -0.15) is 0 Å². The molecule has 0 aromatic heterocycles. The largest absolute Gasteiger partial charge is 0.472 e. The number of likely N-dealkylation sites (N-methyl/N-ethyl adjacent to an activating group) is 1. The SMILES string of the molecule is CC/C=C\C/C=C\C/C=C\C/C=C\C/C=C\C=C/C(O)CCC(=O)OC[C@H](COP(=O)(O)OCC[N+](C)(C)C)OC(=O)CCCCCCCCCCC/C=C\C/C=C\CCCCC. The molecule has 0 aliphatic carbocycles. The van der Waals surface area contributed by atoms with E-state index in [2.05, 4.69) is 86.8 Å². The van der Waals surface area contributed by atoms with Gasteiger partial charge in [-0.15, -0.1) is 0 Å². The van der Waals surface area contributed by atoms with Gasteiger partial charge in [-0.25, -0.2) is 4.57 Å². The van der Waals surface area contributed by atoms with Gasteiger partial charge >= 0.3 is 19.8 Å². The first kappa shape index (κ1) is 59.9. The van der Waals surface area contributed by atoms with Crippen molar-refractivity contribution < 1.29 is 47.2 Å². The van der Waals surface area contributed by atoms with Crippen LogP contribution in [0.25, 0.3) is 0 Å². The van der Waals surface area contributed by atoms with Crippen molar-refractivity contribution in [3.8, 4) is 0 Å². The number of ether oxygens (including phenoxy) is 2. The molecule has 0 radical (unpaired) electrons. The molecular formula is C52H89NO9P+. The van der Waals surface area contributed by atoms with E-state index in [9.17, 15) is 24.2 Å². The summed E-state index contributed by atoms with van der Waals surface area (Å²) in [7, 11) is 1.34. The minimum Gasteiger partial charge on any atom is -0.462 e. The average Bonchev–Trinajstić information content (AvgIpc) is 3.24. The van der Waals surface area contributed by atoms with Crippen LogP contribution in [0.2, 0.25) is 0 Å². The fourth-order valence-electron chi connectivity index (χ4n) is 5.92. The van der Waals surface area contributed by atoms with E-state index in [-0.39, 0.29) is 32.5 Å². The summed E-state index contributed by atoms with van der Waals surface area (Å²) in [6.45, 7) is 3.99. The molecular weight excluding hydrogens is 814 g/mol. The van der Waals surface area contributed by atoms with Crippen LogP contribution in [0.5, 0.6) is 0 Å². The molecule has 0 fully saturated rings. The summed E-state index contributed by atoms with van der Waals surface area (Å²) >= 11 is 0. The molecule has 0 saturated carbocycles. The van der Waals surface area contributed by atoms with E-state index in [0.29, 0.717) is 17.4 Å². The summed E-state index contributed by atoms with van der Waals surface area (Å²) in [5, 5.41) is 10.3. The number of phosphoric acid groups is 1. The Morgan fingerprint density at radius 3 is 1.65 bits per heavy atom. The lowest BCUT2D eigenvalue weighted by molar-refractivity contribution is -0.870. The van der Waals surface area contributed by atoms with E-state index < -0.39 is 38.6 Å². The van der Waals surface area contributed by atoms with Crippen LogP contribution in [-0.2, 0) is 32.7 Å². The lowest BCUT2D eigenvalue weighted by atomic mass is 10.1. The zero-order chi connectivity index (χ0) is 46.5. The van der Waals surface area contributed by atoms with Crippen molar-refractivity contribution in [3.63, 3.8) is 0 Å². The van der Waals surface area contributed by atoms with Crippen LogP contribution in [0.15, 0.2) is 97.2 Å². The molecule has 360 valence electrons. The maximum atomic E-state index is 12.7. The van der Waals surface area contributed by atoms with E-state index in [4.69, 9.17) is 18.5 Å². The number of hydrogen-bond donors (Lipinski definition) is 2. The second-order valence-electron chi connectivity index (χ2n) is 17.0. The first-order valence-electron chi connectivity index (χ1n) is 24.1. The number of esters is 2. The fraction of sp³-hybridized carbons (Fsp3) is 0.654. The zero-order valence-electron chi connectivity index (χ0n) is 40.1. The standard InChI is InChI=1S/C52H88NO9P/c1-6-8-10-12-14-16-18-20-22-24-25-26-28-30-32-34-36-38-40-42-52(56)62-50(48-61-63(57,58)60-46-45-53(3,4)5)47-59-51(55)44-43-49(54)41-39-37-35-33-31-29-27-23-21-19-17-15-13-11-9-7-2/h9,11,14-17,20-23,29,31,35,37,39,41,49-50,54H,6-8,10,12-13,18-19,24-28,30,32-34,36,38,40,42-48H2,1-5H3/p+1/b11-9-,16-14-,17-15-,22-20-,23-21-,31-29-,37-35-,41-39-/t49?,50-/m1/s1. The highest BCUT2D eigenvalue weighted by Gasteiger charge is 2.27. The molecule has 11 heteroatoms. The molecule has 2 N–H and O–H groups in total. The van der Waals surface area contributed by atoms with Crippen LogP contribution >= 0.6 is 7.82 Å². The van der Waals surface area contributed by atoms with Crippen molar-refractivity contribution in [3.05, 3.63) is 97.2 Å². The summed E-state index contributed by atoms with van der Waals surface area (Å²) in [4.78, 5) is 35.5. The summed E-state index contributed by atoms with van der Waals surface area (Å²) in [5.41, 5.74) is 0. The molecule has 2 unspecified atom stereocenters. The van der Waals surface area contributed by atoms with Crippen molar-refractivity contribution in [2.24, 2.45) is 0 Å². The topological polar surface area (TPSA) is 129 Å². The number of hydrogen-bond acceptors (Lipinski definition) is 8. The quantitative estimate of drug-likeness (QED) is 0.0154. The van der Waals surface area contributed by atoms with Crippen molar-refractivity contribution in [1.82, 2.24) is 0 Å². The monoisotopic (exact) mass is 903 g/mol. The highest BCUT2D eigenvalue weighted by molar-refractivity contribution is 7.47.